The third kappa shape index (κ3) is 3.82. The van der Waals surface area contributed by atoms with Gasteiger partial charge in [0.2, 0.25) is 0 Å². The smallest absolute Gasteiger partial charge is 0.320 e. The predicted octanol–water partition coefficient (Wildman–Crippen LogP) is 3.04. The summed E-state index contributed by atoms with van der Waals surface area (Å²) in [6.07, 6.45) is 0.388. The van der Waals surface area contributed by atoms with E-state index in [1.54, 1.807) is 18.2 Å². The Labute approximate surface area is 128 Å². The number of aryl methyl sites for hydroxylation is 1. The average molecular weight is 300 g/mol. The third-order valence-electron chi connectivity index (χ3n) is 3.26. The van der Waals surface area contributed by atoms with E-state index in [-0.39, 0.29) is 5.69 Å². The van der Waals surface area contributed by atoms with E-state index in [4.69, 9.17) is 4.84 Å². The van der Waals surface area contributed by atoms with Crippen LogP contribution in [0.2, 0.25) is 0 Å². The van der Waals surface area contributed by atoms with E-state index >= 15 is 0 Å². The molecule has 0 fully saturated rings. The number of anilines is 1. The van der Waals surface area contributed by atoms with Gasteiger partial charge in [0.15, 0.2) is 0 Å². The summed E-state index contributed by atoms with van der Waals surface area (Å²) in [4.78, 5) is 26.2. The number of nitro groups is 1. The number of carbonyl (C=O) groups is 1. The third-order valence-corrected chi connectivity index (χ3v) is 3.26. The molecule has 0 radical (unpaired) electrons. The van der Waals surface area contributed by atoms with Gasteiger partial charge in [-0.2, -0.15) is 0 Å². The second-order valence-corrected chi connectivity index (χ2v) is 4.78. The molecule has 0 aliphatic heterocycles. The molecule has 6 nitrogen and oxygen atoms in total. The van der Waals surface area contributed by atoms with Crippen molar-refractivity contribution >= 4 is 17.8 Å². The zero-order valence-corrected chi connectivity index (χ0v) is 12.1. The minimum absolute atomic E-state index is 0.0671. The minimum Gasteiger partial charge on any atom is -0.344 e. The minimum atomic E-state index is -0.411. The van der Waals surface area contributed by atoms with Crippen molar-refractivity contribution in [2.75, 3.05) is 11.6 Å². The number of carbonyl (C=O) groups excluding carboxylic acids is 1. The van der Waals surface area contributed by atoms with Gasteiger partial charge in [-0.3, -0.25) is 14.9 Å². The summed E-state index contributed by atoms with van der Waals surface area (Å²) in [7, 11) is 0. The molecule has 2 rings (SSSR count). The van der Waals surface area contributed by atoms with Gasteiger partial charge in [-0.1, -0.05) is 35.9 Å². The van der Waals surface area contributed by atoms with Gasteiger partial charge in [-0.05, 0) is 19.1 Å². The fraction of sp³-hybridized carbons (Fsp3) is 0.188. The Bertz CT molecular complexity index is 655. The Kier molecular flexibility index (Phi) is 5.08. The van der Waals surface area contributed by atoms with E-state index in [0.29, 0.717) is 25.0 Å². The molecule has 22 heavy (non-hydrogen) atoms. The number of nitro benzene ring substituents is 1. The van der Waals surface area contributed by atoms with Crippen LogP contribution in [0.25, 0.3) is 0 Å². The standard InChI is InChI=1S/C16H16N2O4/c1-13-6-8-15(9-7-13)17(22-12-19)11-10-14-4-2-3-5-16(14)18(20)21/h2-9,12H,10-11H2,1H3. The van der Waals surface area contributed by atoms with Crippen molar-refractivity contribution < 1.29 is 14.6 Å². The van der Waals surface area contributed by atoms with E-state index in [1.165, 1.54) is 11.1 Å². The Morgan fingerprint density at radius 1 is 1.18 bits per heavy atom. The Balaban J connectivity index is 2.14. The van der Waals surface area contributed by atoms with Crippen LogP contribution in [0.5, 0.6) is 0 Å². The SMILES string of the molecule is Cc1ccc(N(CCc2ccccc2[N+](=O)[O-])OC=O)cc1. The number of para-hydroxylation sites is 1. The predicted molar refractivity (Wildman–Crippen MR) is 82.5 cm³/mol. The largest absolute Gasteiger partial charge is 0.344 e. The first-order chi connectivity index (χ1) is 10.6. The molecule has 0 bridgehead atoms. The Morgan fingerprint density at radius 2 is 1.86 bits per heavy atom. The summed E-state index contributed by atoms with van der Waals surface area (Å²) in [6, 6.07) is 14.0. The summed E-state index contributed by atoms with van der Waals surface area (Å²) < 4.78 is 0. The van der Waals surface area contributed by atoms with E-state index in [0.717, 1.165) is 11.3 Å². The highest BCUT2D eigenvalue weighted by molar-refractivity contribution is 5.50. The lowest BCUT2D eigenvalue weighted by atomic mass is 10.1. The number of rotatable bonds is 7. The first-order valence-corrected chi connectivity index (χ1v) is 6.78. The van der Waals surface area contributed by atoms with Crippen LogP contribution in [0.1, 0.15) is 11.1 Å². The summed E-state index contributed by atoms with van der Waals surface area (Å²) in [5.74, 6) is 0. The number of hydroxylamine groups is 1. The Morgan fingerprint density at radius 3 is 2.50 bits per heavy atom. The van der Waals surface area contributed by atoms with Crippen molar-refractivity contribution in [1.82, 2.24) is 0 Å². The Hall–Kier alpha value is -2.89. The van der Waals surface area contributed by atoms with Gasteiger partial charge in [0.05, 0.1) is 17.2 Å². The van der Waals surface area contributed by atoms with Crippen molar-refractivity contribution in [3.05, 3.63) is 69.8 Å². The van der Waals surface area contributed by atoms with Gasteiger partial charge in [-0.25, -0.2) is 5.06 Å². The van der Waals surface area contributed by atoms with Crippen molar-refractivity contribution in [1.29, 1.82) is 0 Å². The van der Waals surface area contributed by atoms with Crippen LogP contribution >= 0.6 is 0 Å². The van der Waals surface area contributed by atoms with Gasteiger partial charge >= 0.3 is 6.47 Å². The first kappa shape index (κ1) is 15.5. The number of hydrogen-bond donors (Lipinski definition) is 0. The number of benzene rings is 2. The molecule has 0 N–H and O–H groups in total. The number of hydrogen-bond acceptors (Lipinski definition) is 5. The highest BCUT2D eigenvalue weighted by Gasteiger charge is 2.14. The van der Waals surface area contributed by atoms with Crippen molar-refractivity contribution in [2.24, 2.45) is 0 Å². The first-order valence-electron chi connectivity index (χ1n) is 6.78. The van der Waals surface area contributed by atoms with Crippen molar-refractivity contribution in [2.45, 2.75) is 13.3 Å². The molecule has 0 amide bonds. The summed E-state index contributed by atoms with van der Waals surface area (Å²) in [5, 5.41) is 12.4. The van der Waals surface area contributed by atoms with Gasteiger partial charge < -0.3 is 4.84 Å². The second kappa shape index (κ2) is 7.21. The van der Waals surface area contributed by atoms with Crippen LogP contribution in [0.3, 0.4) is 0 Å². The van der Waals surface area contributed by atoms with Gasteiger partial charge in [-0.15, -0.1) is 0 Å². The number of nitrogens with zero attached hydrogens (tertiary/aromatic N) is 2. The zero-order valence-electron chi connectivity index (χ0n) is 12.1. The lowest BCUT2D eigenvalue weighted by Crippen LogP contribution is -2.25. The topological polar surface area (TPSA) is 72.7 Å². The lowest BCUT2D eigenvalue weighted by molar-refractivity contribution is -0.385. The van der Waals surface area contributed by atoms with E-state index in [9.17, 15) is 14.9 Å². The van der Waals surface area contributed by atoms with Gasteiger partial charge in [0, 0.05) is 18.1 Å². The van der Waals surface area contributed by atoms with Crippen molar-refractivity contribution in [3.8, 4) is 0 Å². The fourth-order valence-corrected chi connectivity index (χ4v) is 2.13. The molecule has 2 aromatic rings. The maximum atomic E-state index is 11.0. The van der Waals surface area contributed by atoms with Crippen LogP contribution in [-0.4, -0.2) is 17.9 Å². The normalized spacial score (nSPS) is 10.0. The maximum absolute atomic E-state index is 11.0. The van der Waals surface area contributed by atoms with Crippen LogP contribution in [-0.2, 0) is 16.1 Å². The van der Waals surface area contributed by atoms with E-state index in [1.807, 2.05) is 31.2 Å². The molecule has 0 atom stereocenters. The van der Waals surface area contributed by atoms with Crippen LogP contribution < -0.4 is 5.06 Å². The fourth-order valence-electron chi connectivity index (χ4n) is 2.13. The molecule has 2 aromatic carbocycles. The highest BCUT2D eigenvalue weighted by Crippen LogP contribution is 2.20. The molecule has 0 aliphatic rings. The molecular weight excluding hydrogens is 284 g/mol. The lowest BCUT2D eigenvalue weighted by Gasteiger charge is -2.21. The maximum Gasteiger partial charge on any atom is 0.320 e. The summed E-state index contributed by atoms with van der Waals surface area (Å²) in [5.41, 5.74) is 2.47. The quantitative estimate of drug-likeness (QED) is 0.446. The molecule has 6 heteroatoms. The van der Waals surface area contributed by atoms with E-state index in [2.05, 4.69) is 0 Å². The average Bonchev–Trinajstić information content (AvgIpc) is 2.52. The van der Waals surface area contributed by atoms with Crippen molar-refractivity contribution in [3.63, 3.8) is 0 Å². The molecule has 0 spiro atoms. The summed E-state index contributed by atoms with van der Waals surface area (Å²) >= 11 is 0. The molecule has 0 aliphatic carbocycles. The molecule has 0 unspecified atom stereocenters. The molecule has 0 aromatic heterocycles. The molecule has 114 valence electrons. The second-order valence-electron chi connectivity index (χ2n) is 4.78. The molecule has 0 heterocycles. The summed E-state index contributed by atoms with van der Waals surface area (Å²) in [6.45, 7) is 2.63. The van der Waals surface area contributed by atoms with Crippen LogP contribution in [0.4, 0.5) is 11.4 Å². The zero-order chi connectivity index (χ0) is 15.9. The van der Waals surface area contributed by atoms with Gasteiger partial charge in [0.1, 0.15) is 0 Å². The molecule has 0 saturated heterocycles. The van der Waals surface area contributed by atoms with Gasteiger partial charge in [0.25, 0.3) is 5.69 Å². The monoisotopic (exact) mass is 300 g/mol. The highest BCUT2D eigenvalue weighted by atomic mass is 16.7. The molecule has 0 saturated carbocycles. The van der Waals surface area contributed by atoms with Crippen LogP contribution in [0.15, 0.2) is 48.5 Å². The van der Waals surface area contributed by atoms with Crippen LogP contribution in [0, 0.1) is 17.0 Å². The van der Waals surface area contributed by atoms with E-state index < -0.39 is 4.92 Å². The molecular formula is C16H16N2O4.